The summed E-state index contributed by atoms with van der Waals surface area (Å²) in [5.74, 6) is 0.949. The average Bonchev–Trinajstić information content (AvgIpc) is 3.06. The van der Waals surface area contributed by atoms with Crippen molar-refractivity contribution in [1.29, 1.82) is 0 Å². The van der Waals surface area contributed by atoms with Crippen molar-refractivity contribution in [2.45, 2.75) is 53.4 Å². The maximum Gasteiger partial charge on any atom is 0.0115 e. The number of fused-ring (bicyclic) bond motifs is 2. The van der Waals surface area contributed by atoms with Crippen molar-refractivity contribution in [3.05, 3.63) is 80.9 Å². The smallest absolute Gasteiger partial charge is 0.0115 e. The molecule has 0 amide bonds. The highest BCUT2D eigenvalue weighted by atomic mass is 14.5. The topological polar surface area (TPSA) is 0 Å². The van der Waals surface area contributed by atoms with Crippen molar-refractivity contribution >= 4 is 12.2 Å². The van der Waals surface area contributed by atoms with Crippen LogP contribution in [-0.2, 0) is 0 Å². The van der Waals surface area contributed by atoms with E-state index in [-0.39, 0.29) is 5.41 Å². The number of allylic oxidation sites excluding steroid dienone is 2. The van der Waals surface area contributed by atoms with E-state index in [0.29, 0.717) is 11.8 Å². The number of hydrogen-bond donors (Lipinski definition) is 0. The fraction of sp³-hybridized carbons (Fsp3) is 0.360. The molecule has 2 atom stereocenters. The van der Waals surface area contributed by atoms with Gasteiger partial charge in [0.1, 0.15) is 0 Å². The van der Waals surface area contributed by atoms with Gasteiger partial charge in [0.2, 0.25) is 0 Å². The predicted octanol–water partition coefficient (Wildman–Crippen LogP) is 7.03. The summed E-state index contributed by atoms with van der Waals surface area (Å²) in [5.41, 5.74) is 11.8. The van der Waals surface area contributed by atoms with Crippen LogP contribution in [-0.4, -0.2) is 0 Å². The molecule has 0 saturated heterocycles. The molecule has 0 saturated carbocycles. The van der Waals surface area contributed by atoms with E-state index in [1.54, 1.807) is 0 Å². The Labute approximate surface area is 152 Å². The summed E-state index contributed by atoms with van der Waals surface area (Å²) in [6.07, 6.45) is 4.84. The summed E-state index contributed by atoms with van der Waals surface area (Å²) in [7, 11) is 0. The third-order valence-corrected chi connectivity index (χ3v) is 6.48. The van der Waals surface area contributed by atoms with Crippen LogP contribution >= 0.6 is 0 Å². The first kappa shape index (κ1) is 16.4. The first-order valence-electron chi connectivity index (χ1n) is 9.37. The summed E-state index contributed by atoms with van der Waals surface area (Å²) < 4.78 is 0. The molecule has 0 radical (unpaired) electrons. The first-order chi connectivity index (χ1) is 11.8. The SMILES string of the molecule is CC1=Cc2c(C)cccc2C1C(C)(C)C1C(C)=Cc2c(C)cccc21. The molecule has 2 aliphatic rings. The third kappa shape index (κ3) is 2.27. The molecule has 0 heterocycles. The Kier molecular flexibility index (Phi) is 3.58. The second-order valence-electron chi connectivity index (χ2n) is 8.62. The highest BCUT2D eigenvalue weighted by Crippen LogP contribution is 2.58. The van der Waals surface area contributed by atoms with Gasteiger partial charge in [-0.2, -0.15) is 0 Å². The van der Waals surface area contributed by atoms with E-state index in [9.17, 15) is 0 Å². The molecule has 4 rings (SSSR count). The molecule has 0 heteroatoms. The summed E-state index contributed by atoms with van der Waals surface area (Å²) in [6, 6.07) is 13.6. The van der Waals surface area contributed by atoms with Gasteiger partial charge in [-0.15, -0.1) is 0 Å². The maximum absolute atomic E-state index is 2.46. The Morgan fingerprint density at radius 2 is 1.04 bits per heavy atom. The third-order valence-electron chi connectivity index (χ3n) is 6.48. The Morgan fingerprint density at radius 3 is 1.44 bits per heavy atom. The Morgan fingerprint density at radius 1 is 0.640 bits per heavy atom. The van der Waals surface area contributed by atoms with Crippen LogP contribution in [0.3, 0.4) is 0 Å². The van der Waals surface area contributed by atoms with Crippen molar-refractivity contribution in [2.75, 3.05) is 0 Å². The highest BCUT2D eigenvalue weighted by molar-refractivity contribution is 5.72. The number of hydrogen-bond acceptors (Lipinski definition) is 0. The fourth-order valence-corrected chi connectivity index (χ4v) is 5.56. The van der Waals surface area contributed by atoms with Crippen molar-refractivity contribution < 1.29 is 0 Å². The lowest BCUT2D eigenvalue weighted by Gasteiger charge is -2.41. The second-order valence-corrected chi connectivity index (χ2v) is 8.62. The molecular formula is C25H28. The van der Waals surface area contributed by atoms with Gasteiger partial charge in [0.25, 0.3) is 0 Å². The number of rotatable bonds is 2. The largest absolute Gasteiger partial charge is 0.0646 e. The van der Waals surface area contributed by atoms with Crippen LogP contribution in [0.4, 0.5) is 0 Å². The zero-order valence-electron chi connectivity index (χ0n) is 16.3. The van der Waals surface area contributed by atoms with Crippen molar-refractivity contribution in [3.8, 4) is 0 Å². The first-order valence-corrected chi connectivity index (χ1v) is 9.37. The molecule has 0 bridgehead atoms. The predicted molar refractivity (Wildman–Crippen MR) is 109 cm³/mol. The molecule has 0 nitrogen and oxygen atoms in total. The van der Waals surface area contributed by atoms with Crippen LogP contribution in [0.1, 0.15) is 72.9 Å². The van der Waals surface area contributed by atoms with Gasteiger partial charge in [-0.3, -0.25) is 0 Å². The van der Waals surface area contributed by atoms with E-state index in [1.807, 2.05) is 0 Å². The van der Waals surface area contributed by atoms with Gasteiger partial charge in [0.15, 0.2) is 0 Å². The molecule has 0 N–H and O–H groups in total. The molecule has 2 aromatic rings. The van der Waals surface area contributed by atoms with E-state index in [1.165, 1.54) is 44.5 Å². The molecular weight excluding hydrogens is 300 g/mol. The van der Waals surface area contributed by atoms with E-state index < -0.39 is 0 Å². The summed E-state index contributed by atoms with van der Waals surface area (Å²) in [4.78, 5) is 0. The van der Waals surface area contributed by atoms with Crippen LogP contribution in [0.25, 0.3) is 12.2 Å². The molecule has 0 spiro atoms. The van der Waals surface area contributed by atoms with Crippen molar-refractivity contribution in [3.63, 3.8) is 0 Å². The van der Waals surface area contributed by atoms with E-state index in [4.69, 9.17) is 0 Å². The van der Waals surface area contributed by atoms with Gasteiger partial charge in [-0.1, -0.05) is 73.5 Å². The monoisotopic (exact) mass is 328 g/mol. The van der Waals surface area contributed by atoms with Crippen LogP contribution in [0.2, 0.25) is 0 Å². The zero-order valence-corrected chi connectivity index (χ0v) is 16.3. The van der Waals surface area contributed by atoms with E-state index in [2.05, 4.69) is 90.1 Å². The van der Waals surface area contributed by atoms with Gasteiger partial charge in [-0.05, 0) is 66.5 Å². The fourth-order valence-electron chi connectivity index (χ4n) is 5.56. The van der Waals surface area contributed by atoms with Crippen molar-refractivity contribution in [1.82, 2.24) is 0 Å². The van der Waals surface area contributed by atoms with Crippen LogP contribution in [0, 0.1) is 19.3 Å². The quantitative estimate of drug-likeness (QED) is 0.555. The minimum absolute atomic E-state index is 0.138. The average molecular weight is 328 g/mol. The highest BCUT2D eigenvalue weighted by Gasteiger charge is 2.45. The summed E-state index contributed by atoms with van der Waals surface area (Å²) in [5, 5.41) is 0. The lowest BCUT2D eigenvalue weighted by atomic mass is 9.62. The molecule has 2 unspecified atom stereocenters. The maximum atomic E-state index is 2.46. The molecule has 128 valence electrons. The Bertz CT molecular complexity index is 846. The molecule has 0 fully saturated rings. The van der Waals surface area contributed by atoms with Gasteiger partial charge < -0.3 is 0 Å². The minimum atomic E-state index is 0.138. The molecule has 0 aliphatic heterocycles. The summed E-state index contributed by atoms with van der Waals surface area (Å²) >= 11 is 0. The van der Waals surface area contributed by atoms with Gasteiger partial charge in [0, 0.05) is 11.8 Å². The van der Waals surface area contributed by atoms with Gasteiger partial charge in [-0.25, -0.2) is 0 Å². The molecule has 2 aliphatic carbocycles. The Hall–Kier alpha value is -2.08. The number of benzene rings is 2. The number of aryl methyl sites for hydroxylation is 2. The summed E-state index contributed by atoms with van der Waals surface area (Å²) in [6.45, 7) is 14.0. The van der Waals surface area contributed by atoms with E-state index >= 15 is 0 Å². The second kappa shape index (κ2) is 5.46. The van der Waals surface area contributed by atoms with E-state index in [0.717, 1.165) is 0 Å². The molecule has 0 aromatic heterocycles. The van der Waals surface area contributed by atoms with Crippen LogP contribution in [0.15, 0.2) is 47.5 Å². The Balaban J connectivity index is 1.86. The van der Waals surface area contributed by atoms with Crippen molar-refractivity contribution in [2.24, 2.45) is 5.41 Å². The normalized spacial score (nSPS) is 21.7. The molecule has 2 aromatic carbocycles. The van der Waals surface area contributed by atoms with Gasteiger partial charge in [0.05, 0.1) is 0 Å². The zero-order chi connectivity index (χ0) is 17.9. The van der Waals surface area contributed by atoms with Gasteiger partial charge >= 0.3 is 0 Å². The standard InChI is InChI=1S/C25H28/c1-15-9-7-11-19-21(15)13-17(3)23(19)25(5,6)24-18(4)14-22-16(2)10-8-12-20(22)24/h7-14,23-24H,1-6H3. The van der Waals surface area contributed by atoms with Crippen LogP contribution < -0.4 is 0 Å². The molecule has 25 heavy (non-hydrogen) atoms. The van der Waals surface area contributed by atoms with Crippen LogP contribution in [0.5, 0.6) is 0 Å². The minimum Gasteiger partial charge on any atom is -0.0646 e. The lowest BCUT2D eigenvalue weighted by Crippen LogP contribution is -2.29. The lowest BCUT2D eigenvalue weighted by molar-refractivity contribution is 0.275.